The number of nitrogens with zero attached hydrogens (tertiary/aromatic N) is 5. The Balaban J connectivity index is 1.39. The van der Waals surface area contributed by atoms with E-state index in [1.165, 1.54) is 18.9 Å². The monoisotopic (exact) mass is 596 g/mol. The van der Waals surface area contributed by atoms with Crippen LogP contribution in [0.4, 0.5) is 24.7 Å². The second kappa shape index (κ2) is 13.3. The van der Waals surface area contributed by atoms with Gasteiger partial charge in [0.15, 0.2) is 5.96 Å². The molecule has 0 saturated carbocycles. The number of likely N-dealkylation sites (tertiary alicyclic amines) is 1. The molecule has 4 heterocycles. The van der Waals surface area contributed by atoms with E-state index in [2.05, 4.69) is 31.8 Å². The molecule has 5 rings (SSSR count). The number of nitrogens with two attached hydrogens (primary N) is 2. The number of guanidine groups is 1. The zero-order chi connectivity index (χ0) is 30.4. The van der Waals surface area contributed by atoms with Crippen LogP contribution in [-0.2, 0) is 10.9 Å². The van der Waals surface area contributed by atoms with E-state index in [-0.39, 0.29) is 28.7 Å². The SMILES string of the molecule is C=C(/C=C(\N=C(/N)N1CCOCC1)c1cnc(N)cc1C(F)(F)F)Nc1cnc2ccc(OCCN3CCCC3)cc2c1. The number of aromatic nitrogens is 2. The average molecular weight is 597 g/mol. The fourth-order valence-corrected chi connectivity index (χ4v) is 5.02. The van der Waals surface area contributed by atoms with E-state index in [0.29, 0.717) is 38.6 Å². The molecule has 5 N–H and O–H groups in total. The summed E-state index contributed by atoms with van der Waals surface area (Å²) in [7, 11) is 0. The first-order chi connectivity index (χ1) is 20.7. The molecule has 1 aromatic carbocycles. The van der Waals surface area contributed by atoms with Crippen molar-refractivity contribution in [3.8, 4) is 5.75 Å². The summed E-state index contributed by atoms with van der Waals surface area (Å²) in [5, 5.41) is 3.94. The van der Waals surface area contributed by atoms with E-state index in [9.17, 15) is 13.2 Å². The summed E-state index contributed by atoms with van der Waals surface area (Å²) in [5.74, 6) is 0.520. The summed E-state index contributed by atoms with van der Waals surface area (Å²) in [4.78, 5) is 16.9. The highest BCUT2D eigenvalue weighted by molar-refractivity contribution is 5.87. The predicted octanol–water partition coefficient (Wildman–Crippen LogP) is 4.32. The molecule has 2 saturated heterocycles. The Hall–Kier alpha value is -4.36. The van der Waals surface area contributed by atoms with Crippen LogP contribution in [-0.4, -0.2) is 78.3 Å². The van der Waals surface area contributed by atoms with E-state index in [0.717, 1.165) is 48.5 Å². The summed E-state index contributed by atoms with van der Waals surface area (Å²) in [6.45, 7) is 9.48. The van der Waals surface area contributed by atoms with Crippen LogP contribution in [0.3, 0.4) is 0 Å². The average Bonchev–Trinajstić information content (AvgIpc) is 3.50. The molecule has 3 aromatic rings. The molecule has 10 nitrogen and oxygen atoms in total. The lowest BCUT2D eigenvalue weighted by atomic mass is 10.1. The largest absolute Gasteiger partial charge is 0.492 e. The number of aliphatic imine (C=N–C) groups is 1. The number of allylic oxidation sites excluding steroid dienone is 1. The zero-order valence-corrected chi connectivity index (χ0v) is 23.7. The fourth-order valence-electron chi connectivity index (χ4n) is 5.02. The minimum absolute atomic E-state index is 0.0527. The highest BCUT2D eigenvalue weighted by atomic mass is 19.4. The topological polar surface area (TPSA) is 127 Å². The minimum Gasteiger partial charge on any atom is -0.492 e. The van der Waals surface area contributed by atoms with Gasteiger partial charge in [-0.25, -0.2) is 9.98 Å². The van der Waals surface area contributed by atoms with Crippen LogP contribution < -0.4 is 21.5 Å². The lowest BCUT2D eigenvalue weighted by Crippen LogP contribution is -2.44. The molecule has 0 unspecified atom stereocenters. The maximum atomic E-state index is 14.0. The molecule has 2 aliphatic heterocycles. The Morgan fingerprint density at radius 2 is 1.86 bits per heavy atom. The van der Waals surface area contributed by atoms with Crippen molar-refractivity contribution in [3.63, 3.8) is 0 Å². The molecule has 0 amide bonds. The first-order valence-electron chi connectivity index (χ1n) is 14.1. The molecule has 2 fully saturated rings. The molecule has 0 radical (unpaired) electrons. The molecule has 2 aliphatic rings. The summed E-state index contributed by atoms with van der Waals surface area (Å²) in [6, 6.07) is 8.32. The van der Waals surface area contributed by atoms with Crippen LogP contribution in [0.2, 0.25) is 0 Å². The minimum atomic E-state index is -4.71. The van der Waals surface area contributed by atoms with Crippen molar-refractivity contribution < 1.29 is 22.6 Å². The molecule has 0 bridgehead atoms. The van der Waals surface area contributed by atoms with Gasteiger partial charge in [-0.15, -0.1) is 0 Å². The number of hydrogen-bond acceptors (Lipinski definition) is 8. The van der Waals surface area contributed by atoms with E-state index < -0.39 is 11.7 Å². The first-order valence-corrected chi connectivity index (χ1v) is 14.1. The standard InChI is InChI=1S/C30H35F3N8O2/c1-20(38-22-15-21-16-23(4-5-26(21)36-18-22)43-13-8-40-6-2-3-7-40)14-27(39-29(35)41-9-11-42-12-10-41)24-19-37-28(34)17-25(24)30(31,32)33/h4-5,14-19,38H,1-3,6-13H2,(H2,34,37)(H2,35,39)/b27-14-. The molecule has 0 aliphatic carbocycles. The molecular formula is C30H35F3N8O2. The highest BCUT2D eigenvalue weighted by Gasteiger charge is 2.35. The number of pyridine rings is 2. The van der Waals surface area contributed by atoms with Gasteiger partial charge in [-0.05, 0) is 62.3 Å². The van der Waals surface area contributed by atoms with Crippen molar-refractivity contribution in [2.45, 2.75) is 19.0 Å². The number of fused-ring (bicyclic) bond motifs is 1. The zero-order valence-electron chi connectivity index (χ0n) is 23.7. The van der Waals surface area contributed by atoms with E-state index in [1.807, 2.05) is 24.3 Å². The van der Waals surface area contributed by atoms with Crippen molar-refractivity contribution >= 4 is 34.1 Å². The number of anilines is 2. The van der Waals surface area contributed by atoms with Gasteiger partial charge in [-0.3, -0.25) is 9.88 Å². The van der Waals surface area contributed by atoms with Gasteiger partial charge in [0.1, 0.15) is 18.2 Å². The van der Waals surface area contributed by atoms with Crippen molar-refractivity contribution in [2.75, 3.05) is 63.6 Å². The van der Waals surface area contributed by atoms with Gasteiger partial charge in [0.2, 0.25) is 0 Å². The molecular weight excluding hydrogens is 561 g/mol. The number of hydrogen-bond donors (Lipinski definition) is 3. The maximum absolute atomic E-state index is 14.0. The molecule has 0 atom stereocenters. The number of morpholine rings is 1. The highest BCUT2D eigenvalue weighted by Crippen LogP contribution is 2.36. The fraction of sp³-hybridized carbons (Fsp3) is 0.367. The van der Waals surface area contributed by atoms with Crippen LogP contribution in [0.5, 0.6) is 5.75 Å². The third kappa shape index (κ3) is 7.93. The second-order valence-corrected chi connectivity index (χ2v) is 10.4. The smallest absolute Gasteiger partial charge is 0.417 e. The number of nitrogen functional groups attached to an aromatic ring is 1. The molecule has 228 valence electrons. The normalized spacial score (nSPS) is 17.0. The van der Waals surface area contributed by atoms with Crippen LogP contribution in [0.15, 0.2) is 66.1 Å². The number of halogens is 3. The van der Waals surface area contributed by atoms with E-state index >= 15 is 0 Å². The van der Waals surface area contributed by atoms with Gasteiger partial charge in [0.05, 0.1) is 41.9 Å². The lowest BCUT2D eigenvalue weighted by molar-refractivity contribution is -0.137. The summed E-state index contributed by atoms with van der Waals surface area (Å²) in [6.07, 6.45) is 1.79. The van der Waals surface area contributed by atoms with Crippen LogP contribution in [0.25, 0.3) is 16.6 Å². The van der Waals surface area contributed by atoms with Crippen molar-refractivity contribution in [2.24, 2.45) is 10.7 Å². The maximum Gasteiger partial charge on any atom is 0.417 e. The molecule has 2 aromatic heterocycles. The summed E-state index contributed by atoms with van der Waals surface area (Å²) >= 11 is 0. The third-order valence-electron chi connectivity index (χ3n) is 7.22. The van der Waals surface area contributed by atoms with Gasteiger partial charge >= 0.3 is 6.18 Å². The summed E-state index contributed by atoms with van der Waals surface area (Å²) < 4.78 is 53.4. The van der Waals surface area contributed by atoms with Crippen molar-refractivity contribution in [1.29, 1.82) is 0 Å². The van der Waals surface area contributed by atoms with E-state index in [1.54, 1.807) is 11.1 Å². The predicted molar refractivity (Wildman–Crippen MR) is 161 cm³/mol. The van der Waals surface area contributed by atoms with E-state index in [4.69, 9.17) is 20.9 Å². The Labute approximate surface area is 247 Å². The Kier molecular flexibility index (Phi) is 9.31. The molecule has 13 heteroatoms. The number of benzene rings is 1. The van der Waals surface area contributed by atoms with Gasteiger partial charge in [0, 0.05) is 42.5 Å². The lowest BCUT2D eigenvalue weighted by Gasteiger charge is -2.27. The van der Waals surface area contributed by atoms with Gasteiger partial charge in [-0.1, -0.05) is 6.58 Å². The number of nitrogens with one attached hydrogen (secondary N) is 1. The van der Waals surface area contributed by atoms with Gasteiger partial charge < -0.3 is 31.2 Å². The Morgan fingerprint density at radius 3 is 2.60 bits per heavy atom. The Bertz CT molecular complexity index is 1510. The van der Waals surface area contributed by atoms with Crippen LogP contribution in [0, 0.1) is 0 Å². The number of ether oxygens (including phenoxy) is 2. The summed E-state index contributed by atoms with van der Waals surface area (Å²) in [5.41, 5.74) is 12.1. The number of rotatable bonds is 9. The van der Waals surface area contributed by atoms with Gasteiger partial charge in [0.25, 0.3) is 0 Å². The first kappa shape index (κ1) is 30.1. The second-order valence-electron chi connectivity index (χ2n) is 10.4. The van der Waals surface area contributed by atoms with Crippen LogP contribution in [0.1, 0.15) is 24.0 Å². The number of alkyl halides is 3. The quantitative estimate of drug-likeness (QED) is 0.188. The van der Waals surface area contributed by atoms with Gasteiger partial charge in [-0.2, -0.15) is 13.2 Å². The molecule has 0 spiro atoms. The third-order valence-corrected chi connectivity index (χ3v) is 7.22. The van der Waals surface area contributed by atoms with Crippen LogP contribution >= 0.6 is 0 Å². The molecule has 43 heavy (non-hydrogen) atoms. The Morgan fingerprint density at radius 1 is 1.09 bits per heavy atom. The van der Waals surface area contributed by atoms with Crippen molar-refractivity contribution in [1.82, 2.24) is 19.8 Å². The van der Waals surface area contributed by atoms with Crippen molar-refractivity contribution in [3.05, 3.63) is 72.2 Å².